The minimum absolute atomic E-state index is 0.280. The maximum absolute atomic E-state index is 11.2. The molecule has 0 radical (unpaired) electrons. The third kappa shape index (κ3) is 2.69. The molecule has 0 aromatic carbocycles. The molecule has 1 aliphatic rings. The number of nitrogens with one attached hydrogen (secondary N) is 1. The van der Waals surface area contributed by atoms with Gasteiger partial charge in [0.1, 0.15) is 6.04 Å². The zero-order valence-corrected chi connectivity index (χ0v) is 8.88. The average molecular weight is 201 g/mol. The standard InChI is InChI=1S/C10H19NO3/c1-3-4-5-10(13)6-8(11-7-10)9(12)14-2/h8,11,13H,3-7H2,1-2H3/t8-,10?/m0/s1. The van der Waals surface area contributed by atoms with Crippen LogP contribution in [0.2, 0.25) is 0 Å². The number of hydrogen-bond donors (Lipinski definition) is 2. The van der Waals surface area contributed by atoms with E-state index in [2.05, 4.69) is 17.0 Å². The van der Waals surface area contributed by atoms with E-state index in [9.17, 15) is 9.90 Å². The lowest BCUT2D eigenvalue weighted by Gasteiger charge is -2.20. The number of rotatable bonds is 4. The Hall–Kier alpha value is -0.610. The lowest BCUT2D eigenvalue weighted by atomic mass is 9.94. The second-order valence-electron chi connectivity index (χ2n) is 3.99. The topological polar surface area (TPSA) is 58.6 Å². The molecule has 82 valence electrons. The zero-order chi connectivity index (χ0) is 10.6. The second-order valence-corrected chi connectivity index (χ2v) is 3.99. The summed E-state index contributed by atoms with van der Waals surface area (Å²) < 4.78 is 4.62. The number of carbonyl (C=O) groups excluding carboxylic acids is 1. The molecule has 0 aromatic heterocycles. The van der Waals surface area contributed by atoms with Gasteiger partial charge in [-0.3, -0.25) is 4.79 Å². The van der Waals surface area contributed by atoms with Gasteiger partial charge >= 0.3 is 5.97 Å². The van der Waals surface area contributed by atoms with E-state index in [4.69, 9.17) is 0 Å². The van der Waals surface area contributed by atoms with Crippen LogP contribution in [0.25, 0.3) is 0 Å². The normalized spacial score (nSPS) is 31.8. The highest BCUT2D eigenvalue weighted by atomic mass is 16.5. The fourth-order valence-electron chi connectivity index (χ4n) is 1.84. The first-order chi connectivity index (χ1) is 6.61. The van der Waals surface area contributed by atoms with Gasteiger partial charge < -0.3 is 15.2 Å². The first kappa shape index (κ1) is 11.5. The van der Waals surface area contributed by atoms with E-state index in [1.165, 1.54) is 7.11 Å². The van der Waals surface area contributed by atoms with Gasteiger partial charge in [0.25, 0.3) is 0 Å². The number of ether oxygens (including phenoxy) is 1. The van der Waals surface area contributed by atoms with E-state index in [0.717, 1.165) is 19.3 Å². The Kier molecular flexibility index (Phi) is 3.89. The number of hydrogen-bond acceptors (Lipinski definition) is 4. The van der Waals surface area contributed by atoms with Gasteiger partial charge in [0.05, 0.1) is 12.7 Å². The quantitative estimate of drug-likeness (QED) is 0.648. The molecule has 0 amide bonds. The number of β-amino-alcohol motifs (C(OH)–C–C–N with tert-alkyl or cyclic N) is 1. The van der Waals surface area contributed by atoms with Crippen molar-refractivity contribution in [3.05, 3.63) is 0 Å². The van der Waals surface area contributed by atoms with Crippen LogP contribution in [-0.2, 0) is 9.53 Å². The molecule has 1 unspecified atom stereocenters. The Labute approximate surface area is 84.6 Å². The average Bonchev–Trinajstić information content (AvgIpc) is 2.57. The molecule has 0 spiro atoms. The zero-order valence-electron chi connectivity index (χ0n) is 8.88. The van der Waals surface area contributed by atoms with Crippen LogP contribution in [0.5, 0.6) is 0 Å². The van der Waals surface area contributed by atoms with Crippen LogP contribution in [0.15, 0.2) is 0 Å². The Morgan fingerprint density at radius 1 is 1.71 bits per heavy atom. The molecule has 0 saturated carbocycles. The summed E-state index contributed by atoms with van der Waals surface area (Å²) in [5, 5.41) is 13.0. The van der Waals surface area contributed by atoms with Crippen molar-refractivity contribution in [2.75, 3.05) is 13.7 Å². The largest absolute Gasteiger partial charge is 0.468 e. The van der Waals surface area contributed by atoms with Gasteiger partial charge in [-0.05, 0) is 6.42 Å². The van der Waals surface area contributed by atoms with Crippen LogP contribution < -0.4 is 5.32 Å². The van der Waals surface area contributed by atoms with Crippen molar-refractivity contribution in [2.24, 2.45) is 0 Å². The van der Waals surface area contributed by atoms with E-state index in [0.29, 0.717) is 13.0 Å². The molecule has 0 aliphatic carbocycles. The maximum atomic E-state index is 11.2. The fraction of sp³-hybridized carbons (Fsp3) is 0.900. The van der Waals surface area contributed by atoms with Crippen molar-refractivity contribution in [1.82, 2.24) is 5.32 Å². The summed E-state index contributed by atoms with van der Waals surface area (Å²) in [6.07, 6.45) is 3.28. The summed E-state index contributed by atoms with van der Waals surface area (Å²) in [4.78, 5) is 11.2. The van der Waals surface area contributed by atoms with E-state index in [1.54, 1.807) is 0 Å². The minimum atomic E-state index is -0.713. The summed E-state index contributed by atoms with van der Waals surface area (Å²) in [5.41, 5.74) is -0.713. The fourth-order valence-corrected chi connectivity index (χ4v) is 1.84. The van der Waals surface area contributed by atoms with Gasteiger partial charge in [-0.15, -0.1) is 0 Å². The van der Waals surface area contributed by atoms with Gasteiger partial charge in [-0.25, -0.2) is 0 Å². The Balaban J connectivity index is 2.42. The van der Waals surface area contributed by atoms with Crippen LogP contribution in [0.4, 0.5) is 0 Å². The highest BCUT2D eigenvalue weighted by Crippen LogP contribution is 2.25. The van der Waals surface area contributed by atoms with Crippen molar-refractivity contribution in [2.45, 2.75) is 44.2 Å². The summed E-state index contributed by atoms with van der Waals surface area (Å²) >= 11 is 0. The third-order valence-electron chi connectivity index (χ3n) is 2.74. The molecule has 4 nitrogen and oxygen atoms in total. The van der Waals surface area contributed by atoms with E-state index >= 15 is 0 Å². The molecule has 1 aliphatic heterocycles. The van der Waals surface area contributed by atoms with Gasteiger partial charge in [-0.2, -0.15) is 0 Å². The molecule has 14 heavy (non-hydrogen) atoms. The Morgan fingerprint density at radius 3 is 3.00 bits per heavy atom. The van der Waals surface area contributed by atoms with Crippen molar-refractivity contribution < 1.29 is 14.6 Å². The SMILES string of the molecule is CCCCC1(O)CN[C@H](C(=O)OC)C1. The first-order valence-corrected chi connectivity index (χ1v) is 5.15. The maximum Gasteiger partial charge on any atom is 0.322 e. The van der Waals surface area contributed by atoms with Crippen LogP contribution in [0, 0.1) is 0 Å². The first-order valence-electron chi connectivity index (χ1n) is 5.15. The number of unbranched alkanes of at least 4 members (excludes halogenated alkanes) is 1. The molecule has 0 aromatic rings. The molecule has 1 heterocycles. The molecule has 1 saturated heterocycles. The molecular weight excluding hydrogens is 182 g/mol. The second kappa shape index (κ2) is 4.75. The lowest BCUT2D eigenvalue weighted by Crippen LogP contribution is -2.31. The van der Waals surface area contributed by atoms with Crippen molar-refractivity contribution in [3.63, 3.8) is 0 Å². The van der Waals surface area contributed by atoms with Gasteiger partial charge in [0.2, 0.25) is 0 Å². The van der Waals surface area contributed by atoms with Crippen LogP contribution in [0.1, 0.15) is 32.6 Å². The van der Waals surface area contributed by atoms with Gasteiger partial charge in [-0.1, -0.05) is 19.8 Å². The third-order valence-corrected chi connectivity index (χ3v) is 2.74. The highest BCUT2D eigenvalue weighted by molar-refractivity contribution is 5.76. The molecule has 4 heteroatoms. The van der Waals surface area contributed by atoms with Crippen molar-refractivity contribution >= 4 is 5.97 Å². The molecule has 2 atom stereocenters. The minimum Gasteiger partial charge on any atom is -0.468 e. The lowest BCUT2D eigenvalue weighted by molar-refractivity contribution is -0.143. The van der Waals surface area contributed by atoms with Crippen LogP contribution >= 0.6 is 0 Å². The predicted molar refractivity (Wildman–Crippen MR) is 52.9 cm³/mol. The van der Waals surface area contributed by atoms with E-state index in [1.807, 2.05) is 0 Å². The van der Waals surface area contributed by atoms with Gasteiger partial charge in [0.15, 0.2) is 0 Å². The van der Waals surface area contributed by atoms with Gasteiger partial charge in [0, 0.05) is 13.0 Å². The summed E-state index contributed by atoms with van der Waals surface area (Å²) in [7, 11) is 1.37. The van der Waals surface area contributed by atoms with E-state index < -0.39 is 5.60 Å². The van der Waals surface area contributed by atoms with Crippen LogP contribution in [-0.4, -0.2) is 36.4 Å². The predicted octanol–water partition coefficient (Wildman–Crippen LogP) is 0.443. The molecule has 1 rings (SSSR count). The molecular formula is C10H19NO3. The summed E-state index contributed by atoms with van der Waals surface area (Å²) in [5.74, 6) is -0.280. The molecule has 2 N–H and O–H groups in total. The van der Waals surface area contributed by atoms with Crippen molar-refractivity contribution in [3.8, 4) is 0 Å². The summed E-state index contributed by atoms with van der Waals surface area (Å²) in [6.45, 7) is 2.58. The van der Waals surface area contributed by atoms with Crippen LogP contribution in [0.3, 0.4) is 0 Å². The van der Waals surface area contributed by atoms with Crippen molar-refractivity contribution in [1.29, 1.82) is 0 Å². The molecule has 1 fully saturated rings. The Morgan fingerprint density at radius 2 is 2.43 bits per heavy atom. The summed E-state index contributed by atoms with van der Waals surface area (Å²) in [6, 6.07) is -0.332. The monoisotopic (exact) mass is 201 g/mol. The number of methoxy groups -OCH3 is 1. The Bertz CT molecular complexity index is 208. The molecule has 0 bridgehead atoms. The smallest absolute Gasteiger partial charge is 0.322 e. The number of esters is 1. The van der Waals surface area contributed by atoms with E-state index in [-0.39, 0.29) is 12.0 Å². The number of aliphatic hydroxyl groups is 1. The number of carbonyl (C=O) groups is 1. The highest BCUT2D eigenvalue weighted by Gasteiger charge is 2.39.